The van der Waals surface area contributed by atoms with Gasteiger partial charge in [-0.3, -0.25) is 14.5 Å². The number of carbonyl (C=O) groups is 2. The number of H-pyrrole nitrogens is 1. The summed E-state index contributed by atoms with van der Waals surface area (Å²) in [7, 11) is 0. The number of ketones is 1. The summed E-state index contributed by atoms with van der Waals surface area (Å²) in [6, 6.07) is 12.9. The number of esters is 1. The third kappa shape index (κ3) is 3.74. The first-order chi connectivity index (χ1) is 14.0. The second kappa shape index (κ2) is 7.84. The van der Waals surface area contributed by atoms with Crippen LogP contribution in [0.3, 0.4) is 0 Å². The second-order valence-electron chi connectivity index (χ2n) is 6.47. The van der Waals surface area contributed by atoms with E-state index in [2.05, 4.69) is 15.2 Å². The number of benzene rings is 1. The predicted octanol–water partition coefficient (Wildman–Crippen LogP) is 3.98. The lowest BCUT2D eigenvalue weighted by Crippen LogP contribution is -2.15. The lowest BCUT2D eigenvalue weighted by Gasteiger charge is -2.06. The second-order valence-corrected chi connectivity index (χ2v) is 7.34. The minimum absolute atomic E-state index is 0.199. The van der Waals surface area contributed by atoms with Gasteiger partial charge in [-0.25, -0.2) is 9.78 Å². The first-order valence-electron chi connectivity index (χ1n) is 8.94. The standard InChI is InChI=1S/C21H18N4O3S/c1-13-10-16(14(2)25(13)21-22-8-9-29-21)19(26)12-28-20(27)18-11-17(23-24-18)15-6-4-3-5-7-15/h3-11H,12H2,1-2H3,(H,23,24). The van der Waals surface area contributed by atoms with E-state index in [0.29, 0.717) is 11.3 Å². The zero-order valence-electron chi connectivity index (χ0n) is 15.9. The first-order valence-corrected chi connectivity index (χ1v) is 9.82. The summed E-state index contributed by atoms with van der Waals surface area (Å²) < 4.78 is 7.12. The van der Waals surface area contributed by atoms with E-state index in [1.165, 1.54) is 11.3 Å². The van der Waals surface area contributed by atoms with Crippen LogP contribution < -0.4 is 0 Å². The Kier molecular flexibility index (Phi) is 5.09. The molecule has 4 aromatic rings. The van der Waals surface area contributed by atoms with Crippen LogP contribution in [0.5, 0.6) is 0 Å². The molecule has 0 aliphatic heterocycles. The third-order valence-corrected chi connectivity index (χ3v) is 5.30. The van der Waals surface area contributed by atoms with Crippen molar-refractivity contribution in [3.05, 3.63) is 76.7 Å². The number of hydrogen-bond acceptors (Lipinski definition) is 6. The van der Waals surface area contributed by atoms with Gasteiger partial charge in [-0.05, 0) is 26.0 Å². The van der Waals surface area contributed by atoms with E-state index in [1.54, 1.807) is 18.3 Å². The topological polar surface area (TPSA) is 89.9 Å². The molecule has 0 aliphatic carbocycles. The fourth-order valence-corrected chi connectivity index (χ4v) is 3.89. The van der Waals surface area contributed by atoms with Crippen molar-refractivity contribution in [3.8, 4) is 16.4 Å². The molecule has 8 heteroatoms. The maximum absolute atomic E-state index is 12.6. The lowest BCUT2D eigenvalue weighted by molar-refractivity contribution is 0.0468. The molecule has 0 unspecified atom stereocenters. The molecule has 0 fully saturated rings. The summed E-state index contributed by atoms with van der Waals surface area (Å²) in [6.45, 7) is 3.41. The van der Waals surface area contributed by atoms with Crippen molar-refractivity contribution in [1.82, 2.24) is 19.7 Å². The Hall–Kier alpha value is -3.52. The molecule has 29 heavy (non-hydrogen) atoms. The summed E-state index contributed by atoms with van der Waals surface area (Å²) in [5.41, 5.74) is 3.90. The van der Waals surface area contributed by atoms with Crippen LogP contribution in [-0.2, 0) is 4.74 Å². The Labute approximate surface area is 171 Å². The largest absolute Gasteiger partial charge is 0.453 e. The molecule has 1 N–H and O–H groups in total. The number of thiazole rings is 1. The van der Waals surface area contributed by atoms with Crippen LogP contribution in [0.2, 0.25) is 0 Å². The van der Waals surface area contributed by atoms with Crippen LogP contribution in [0.25, 0.3) is 16.4 Å². The number of aromatic nitrogens is 4. The summed E-state index contributed by atoms with van der Waals surface area (Å²) in [5, 5.41) is 9.47. The lowest BCUT2D eigenvalue weighted by atomic mass is 10.1. The Balaban J connectivity index is 1.45. The maximum Gasteiger partial charge on any atom is 0.356 e. The fourth-order valence-electron chi connectivity index (χ4n) is 3.14. The molecule has 0 bridgehead atoms. The highest BCUT2D eigenvalue weighted by Gasteiger charge is 2.20. The number of Topliss-reactive ketones (excluding diaryl/α,β-unsaturated/α-hetero) is 1. The molecule has 3 aromatic heterocycles. The minimum Gasteiger partial charge on any atom is -0.453 e. The Morgan fingerprint density at radius 2 is 1.97 bits per heavy atom. The van der Waals surface area contributed by atoms with E-state index in [9.17, 15) is 9.59 Å². The van der Waals surface area contributed by atoms with Gasteiger partial charge in [-0.1, -0.05) is 30.3 Å². The van der Waals surface area contributed by atoms with Crippen LogP contribution in [-0.4, -0.2) is 38.1 Å². The number of ether oxygens (including phenoxy) is 1. The summed E-state index contributed by atoms with van der Waals surface area (Å²) in [4.78, 5) is 29.2. The van der Waals surface area contributed by atoms with Gasteiger partial charge in [-0.2, -0.15) is 5.10 Å². The van der Waals surface area contributed by atoms with E-state index < -0.39 is 5.97 Å². The van der Waals surface area contributed by atoms with Gasteiger partial charge < -0.3 is 4.74 Å². The molecule has 146 valence electrons. The smallest absolute Gasteiger partial charge is 0.356 e. The van der Waals surface area contributed by atoms with Gasteiger partial charge in [-0.15, -0.1) is 11.3 Å². The van der Waals surface area contributed by atoms with Gasteiger partial charge in [0.25, 0.3) is 0 Å². The third-order valence-electron chi connectivity index (χ3n) is 4.54. The van der Waals surface area contributed by atoms with Crippen molar-refractivity contribution >= 4 is 23.1 Å². The van der Waals surface area contributed by atoms with Gasteiger partial charge in [0, 0.05) is 34.1 Å². The number of aromatic amines is 1. The van der Waals surface area contributed by atoms with E-state index in [0.717, 1.165) is 22.1 Å². The number of carbonyl (C=O) groups excluding carboxylic acids is 2. The normalized spacial score (nSPS) is 10.8. The number of rotatable bonds is 6. The van der Waals surface area contributed by atoms with Crippen molar-refractivity contribution in [2.45, 2.75) is 13.8 Å². The Bertz CT molecular complexity index is 1160. The van der Waals surface area contributed by atoms with E-state index in [4.69, 9.17) is 4.74 Å². The fraction of sp³-hybridized carbons (Fsp3) is 0.143. The zero-order chi connectivity index (χ0) is 20.4. The quantitative estimate of drug-likeness (QED) is 0.386. The van der Waals surface area contributed by atoms with E-state index in [1.807, 2.05) is 54.1 Å². The average molecular weight is 406 g/mol. The molecule has 3 heterocycles. The molecule has 0 aliphatic rings. The number of nitrogens with zero attached hydrogens (tertiary/aromatic N) is 3. The molecule has 1 aromatic carbocycles. The summed E-state index contributed by atoms with van der Waals surface area (Å²) in [6.07, 6.45) is 1.72. The van der Waals surface area contributed by atoms with Crippen LogP contribution >= 0.6 is 11.3 Å². The number of aryl methyl sites for hydroxylation is 1. The van der Waals surface area contributed by atoms with Crippen molar-refractivity contribution in [2.24, 2.45) is 0 Å². The first kappa shape index (κ1) is 18.8. The van der Waals surface area contributed by atoms with Crippen molar-refractivity contribution in [1.29, 1.82) is 0 Å². The molecular formula is C21H18N4O3S. The highest BCUT2D eigenvalue weighted by atomic mass is 32.1. The van der Waals surface area contributed by atoms with E-state index >= 15 is 0 Å². The molecule has 7 nitrogen and oxygen atoms in total. The summed E-state index contributed by atoms with van der Waals surface area (Å²) >= 11 is 1.49. The predicted molar refractivity (Wildman–Crippen MR) is 110 cm³/mol. The molecule has 4 rings (SSSR count). The molecule has 0 amide bonds. The van der Waals surface area contributed by atoms with Gasteiger partial charge in [0.15, 0.2) is 11.7 Å². The van der Waals surface area contributed by atoms with Crippen molar-refractivity contribution in [2.75, 3.05) is 6.61 Å². The van der Waals surface area contributed by atoms with Gasteiger partial charge in [0.1, 0.15) is 5.69 Å². The van der Waals surface area contributed by atoms with Gasteiger partial charge in [0.2, 0.25) is 5.78 Å². The highest BCUT2D eigenvalue weighted by Crippen LogP contribution is 2.23. The van der Waals surface area contributed by atoms with Crippen LogP contribution in [0.1, 0.15) is 32.2 Å². The Morgan fingerprint density at radius 3 is 2.69 bits per heavy atom. The summed E-state index contributed by atoms with van der Waals surface area (Å²) in [5.74, 6) is -0.890. The van der Waals surface area contributed by atoms with Gasteiger partial charge in [0.05, 0.1) is 5.69 Å². The van der Waals surface area contributed by atoms with Crippen LogP contribution in [0.4, 0.5) is 0 Å². The van der Waals surface area contributed by atoms with Crippen molar-refractivity contribution < 1.29 is 14.3 Å². The van der Waals surface area contributed by atoms with Crippen LogP contribution in [0.15, 0.2) is 54.0 Å². The van der Waals surface area contributed by atoms with Crippen molar-refractivity contribution in [3.63, 3.8) is 0 Å². The Morgan fingerprint density at radius 1 is 1.17 bits per heavy atom. The maximum atomic E-state index is 12.6. The number of hydrogen-bond donors (Lipinski definition) is 1. The molecule has 0 radical (unpaired) electrons. The van der Waals surface area contributed by atoms with E-state index in [-0.39, 0.29) is 18.1 Å². The van der Waals surface area contributed by atoms with Gasteiger partial charge >= 0.3 is 5.97 Å². The molecule has 0 saturated heterocycles. The SMILES string of the molecule is Cc1cc(C(=O)COC(=O)c2cc(-c3ccccc3)n[nH]2)c(C)n1-c1nccs1. The highest BCUT2D eigenvalue weighted by molar-refractivity contribution is 7.12. The average Bonchev–Trinajstić information content (AvgIpc) is 3.47. The number of nitrogens with one attached hydrogen (secondary N) is 1. The monoisotopic (exact) mass is 406 g/mol. The zero-order valence-corrected chi connectivity index (χ0v) is 16.7. The molecule has 0 spiro atoms. The molecular weight excluding hydrogens is 388 g/mol. The molecule has 0 saturated carbocycles. The van der Waals surface area contributed by atoms with Crippen LogP contribution in [0, 0.1) is 13.8 Å². The molecule has 0 atom stereocenters. The minimum atomic E-state index is -0.623.